The molecule has 20 heavy (non-hydrogen) atoms. The summed E-state index contributed by atoms with van der Waals surface area (Å²) in [6.45, 7) is 8.63. The number of hydrogen-bond donors (Lipinski definition) is 1. The Labute approximate surface area is 118 Å². The van der Waals surface area contributed by atoms with Crippen LogP contribution in [-0.2, 0) is 14.2 Å². The summed E-state index contributed by atoms with van der Waals surface area (Å²) in [6.07, 6.45) is 0.597. The Balaban J connectivity index is 1.75. The highest BCUT2D eigenvalue weighted by Crippen LogP contribution is 2.24. The monoisotopic (exact) mass is 282 g/mol. The van der Waals surface area contributed by atoms with Crippen LogP contribution in [0, 0.1) is 0 Å². The van der Waals surface area contributed by atoms with Gasteiger partial charge in [0.25, 0.3) is 0 Å². The number of esters is 1. The largest absolute Gasteiger partial charge is 0.461 e. The molecule has 1 atom stereocenters. The Morgan fingerprint density at radius 2 is 2.35 bits per heavy atom. The van der Waals surface area contributed by atoms with Gasteiger partial charge in [-0.1, -0.05) is 13.8 Å². The van der Waals surface area contributed by atoms with Crippen LogP contribution in [0.15, 0.2) is 6.07 Å². The second-order valence-corrected chi connectivity index (χ2v) is 5.74. The summed E-state index contributed by atoms with van der Waals surface area (Å²) in [5.41, 5.74) is 1.24. The molecule has 2 rings (SSSR count). The maximum Gasteiger partial charge on any atom is 0.358 e. The van der Waals surface area contributed by atoms with Gasteiger partial charge in [-0.25, -0.2) is 4.79 Å². The van der Waals surface area contributed by atoms with E-state index in [2.05, 4.69) is 10.2 Å². The number of carbonyl (C=O) groups excluding carboxylic acids is 1. The average molecular weight is 282 g/mol. The molecule has 0 radical (unpaired) electrons. The number of nitrogens with one attached hydrogen (secondary N) is 1. The van der Waals surface area contributed by atoms with E-state index in [0.29, 0.717) is 31.2 Å². The van der Waals surface area contributed by atoms with Crippen molar-refractivity contribution in [2.45, 2.75) is 51.9 Å². The molecule has 0 saturated carbocycles. The molecule has 0 amide bonds. The molecule has 1 fully saturated rings. The summed E-state index contributed by atoms with van der Waals surface area (Å²) in [6, 6.07) is 1.73. The van der Waals surface area contributed by atoms with Crippen molar-refractivity contribution in [1.82, 2.24) is 10.2 Å². The Kier molecular flexibility index (Phi) is 4.45. The average Bonchev–Trinajstić information content (AvgIpc) is 2.96. The zero-order chi connectivity index (χ0) is 14.8. The van der Waals surface area contributed by atoms with E-state index in [1.165, 1.54) is 0 Å². The first-order chi connectivity index (χ1) is 9.37. The molecule has 1 N–H and O–H groups in total. The molecule has 6 nitrogen and oxygen atoms in total. The molecule has 1 aliphatic heterocycles. The molecule has 1 aromatic rings. The van der Waals surface area contributed by atoms with Crippen molar-refractivity contribution in [3.63, 3.8) is 0 Å². The molecule has 1 aliphatic rings. The molecular formula is C14H22N2O4. The third kappa shape index (κ3) is 3.80. The van der Waals surface area contributed by atoms with Gasteiger partial charge in [0.15, 0.2) is 11.5 Å². The lowest BCUT2D eigenvalue weighted by Gasteiger charge is -2.16. The summed E-state index contributed by atoms with van der Waals surface area (Å²) < 4.78 is 16.3. The van der Waals surface area contributed by atoms with E-state index in [1.54, 1.807) is 6.07 Å². The number of nitrogens with zero attached hydrogens (tertiary/aromatic N) is 1. The second-order valence-electron chi connectivity index (χ2n) is 5.74. The minimum absolute atomic E-state index is 0.0248. The van der Waals surface area contributed by atoms with Gasteiger partial charge >= 0.3 is 5.97 Å². The fourth-order valence-corrected chi connectivity index (χ4v) is 2.00. The number of H-pyrrole nitrogens is 1. The highest BCUT2D eigenvalue weighted by atomic mass is 16.7. The van der Waals surface area contributed by atoms with Gasteiger partial charge in [-0.15, -0.1) is 0 Å². The van der Waals surface area contributed by atoms with Crippen molar-refractivity contribution in [3.8, 4) is 0 Å². The van der Waals surface area contributed by atoms with Gasteiger partial charge in [0.1, 0.15) is 0 Å². The first kappa shape index (κ1) is 15.0. The van der Waals surface area contributed by atoms with E-state index >= 15 is 0 Å². The Morgan fingerprint density at radius 1 is 1.60 bits per heavy atom. The zero-order valence-corrected chi connectivity index (χ0v) is 12.4. The van der Waals surface area contributed by atoms with Crippen LogP contribution < -0.4 is 0 Å². The fraction of sp³-hybridized carbons (Fsp3) is 0.714. The highest BCUT2D eigenvalue weighted by Gasteiger charge is 2.32. The number of hydrogen-bond acceptors (Lipinski definition) is 5. The molecule has 0 aliphatic carbocycles. The normalized spacial score (nSPS) is 21.4. The number of carbonyl (C=O) groups is 1. The maximum atomic E-state index is 11.8. The van der Waals surface area contributed by atoms with Crippen LogP contribution in [0.25, 0.3) is 0 Å². The van der Waals surface area contributed by atoms with Crippen molar-refractivity contribution in [2.75, 3.05) is 13.2 Å². The Morgan fingerprint density at radius 3 is 2.90 bits per heavy atom. The molecule has 0 spiro atoms. The van der Waals surface area contributed by atoms with E-state index in [0.717, 1.165) is 5.69 Å². The van der Waals surface area contributed by atoms with Crippen LogP contribution >= 0.6 is 0 Å². The van der Waals surface area contributed by atoms with Crippen molar-refractivity contribution < 1.29 is 19.0 Å². The van der Waals surface area contributed by atoms with Crippen LogP contribution in [-0.4, -0.2) is 41.3 Å². The predicted molar refractivity (Wildman–Crippen MR) is 72.5 cm³/mol. The third-order valence-electron chi connectivity index (χ3n) is 3.17. The van der Waals surface area contributed by atoms with Gasteiger partial charge in [-0.3, -0.25) is 5.10 Å². The van der Waals surface area contributed by atoms with Gasteiger partial charge in [0.2, 0.25) is 0 Å². The van der Waals surface area contributed by atoms with Crippen LogP contribution in [0.5, 0.6) is 0 Å². The minimum atomic E-state index is -0.539. The van der Waals surface area contributed by atoms with Crippen molar-refractivity contribution in [3.05, 3.63) is 17.5 Å². The van der Waals surface area contributed by atoms with Crippen molar-refractivity contribution in [2.24, 2.45) is 0 Å². The number of aromatic nitrogens is 2. The van der Waals surface area contributed by atoms with Gasteiger partial charge in [-0.05, 0) is 25.8 Å². The fourth-order valence-electron chi connectivity index (χ4n) is 2.00. The molecule has 0 bridgehead atoms. The summed E-state index contributed by atoms with van der Waals surface area (Å²) in [7, 11) is 0. The maximum absolute atomic E-state index is 11.8. The summed E-state index contributed by atoms with van der Waals surface area (Å²) >= 11 is 0. The Hall–Kier alpha value is -1.40. The van der Waals surface area contributed by atoms with Crippen LogP contribution in [0.1, 0.15) is 56.2 Å². The van der Waals surface area contributed by atoms with Gasteiger partial charge in [-0.2, -0.15) is 5.10 Å². The number of ether oxygens (including phenoxy) is 3. The van der Waals surface area contributed by atoms with Gasteiger partial charge in [0.05, 0.1) is 19.3 Å². The standard InChI is InChI=1S/C14H22N2O4/c1-9(2)11-7-12(16-15-11)13(17)18-6-5-10-8-19-14(3,4)20-10/h7,9-10H,5-6,8H2,1-4H3,(H,15,16)/t10-/m0/s1. The number of rotatable bonds is 5. The SMILES string of the molecule is CC(C)c1cc(C(=O)OCC[C@H]2COC(C)(C)O2)n[nH]1. The molecule has 1 aromatic heterocycles. The molecule has 1 saturated heterocycles. The topological polar surface area (TPSA) is 73.4 Å². The molecular weight excluding hydrogens is 260 g/mol. The molecule has 112 valence electrons. The van der Waals surface area contributed by atoms with Crippen LogP contribution in [0.3, 0.4) is 0 Å². The van der Waals surface area contributed by atoms with Crippen molar-refractivity contribution >= 4 is 5.97 Å². The van der Waals surface area contributed by atoms with Gasteiger partial charge < -0.3 is 14.2 Å². The Bertz CT molecular complexity index is 467. The third-order valence-corrected chi connectivity index (χ3v) is 3.17. The lowest BCUT2D eigenvalue weighted by Crippen LogP contribution is -2.22. The summed E-state index contributed by atoms with van der Waals surface area (Å²) in [4.78, 5) is 11.8. The van der Waals surface area contributed by atoms with E-state index in [4.69, 9.17) is 14.2 Å². The van der Waals surface area contributed by atoms with E-state index < -0.39 is 11.8 Å². The predicted octanol–water partition coefficient (Wildman–Crippen LogP) is 2.23. The lowest BCUT2D eigenvalue weighted by molar-refractivity contribution is -0.139. The van der Waals surface area contributed by atoms with E-state index in [1.807, 2.05) is 27.7 Å². The van der Waals surface area contributed by atoms with E-state index in [9.17, 15) is 4.79 Å². The summed E-state index contributed by atoms with van der Waals surface area (Å²) in [5.74, 6) is -0.648. The van der Waals surface area contributed by atoms with Crippen LogP contribution in [0.4, 0.5) is 0 Å². The van der Waals surface area contributed by atoms with E-state index in [-0.39, 0.29) is 6.10 Å². The molecule has 0 aromatic carbocycles. The second kappa shape index (κ2) is 5.93. The molecule has 0 unspecified atom stereocenters. The van der Waals surface area contributed by atoms with Crippen molar-refractivity contribution in [1.29, 1.82) is 0 Å². The zero-order valence-electron chi connectivity index (χ0n) is 12.4. The molecule has 6 heteroatoms. The highest BCUT2D eigenvalue weighted by molar-refractivity contribution is 5.87. The summed E-state index contributed by atoms with van der Waals surface area (Å²) in [5, 5.41) is 6.79. The minimum Gasteiger partial charge on any atom is -0.461 e. The van der Waals surface area contributed by atoms with Gasteiger partial charge in [0, 0.05) is 12.1 Å². The first-order valence-electron chi connectivity index (χ1n) is 6.91. The van der Waals surface area contributed by atoms with Crippen LogP contribution in [0.2, 0.25) is 0 Å². The first-order valence-corrected chi connectivity index (χ1v) is 6.91. The lowest BCUT2D eigenvalue weighted by atomic mass is 10.1. The quantitative estimate of drug-likeness (QED) is 0.838. The number of aromatic amines is 1. The smallest absolute Gasteiger partial charge is 0.358 e. The molecule has 2 heterocycles.